The fourth-order valence-corrected chi connectivity index (χ4v) is 2.48. The Kier molecular flexibility index (Phi) is 6.27. The molecule has 4 heteroatoms. The van der Waals surface area contributed by atoms with Crippen LogP contribution in [0.25, 0.3) is 0 Å². The van der Waals surface area contributed by atoms with Gasteiger partial charge in [0, 0.05) is 6.04 Å². The number of carbonyl (C=O) groups excluding carboxylic acids is 1. The van der Waals surface area contributed by atoms with Gasteiger partial charge in [0.2, 0.25) is 5.91 Å². The molecule has 0 aromatic rings. The first-order valence-corrected chi connectivity index (χ1v) is 7.74. The van der Waals surface area contributed by atoms with E-state index in [4.69, 9.17) is 5.73 Å². The van der Waals surface area contributed by atoms with Crippen molar-refractivity contribution in [2.24, 2.45) is 11.7 Å². The molecule has 19 heavy (non-hydrogen) atoms. The van der Waals surface area contributed by atoms with Gasteiger partial charge in [0.1, 0.15) is 0 Å². The molecule has 1 rings (SSSR count). The molecule has 2 atom stereocenters. The Morgan fingerprint density at radius 3 is 2.47 bits per heavy atom. The zero-order valence-corrected chi connectivity index (χ0v) is 13.0. The van der Waals surface area contributed by atoms with Gasteiger partial charge in [0.15, 0.2) is 0 Å². The van der Waals surface area contributed by atoms with Crippen LogP contribution >= 0.6 is 0 Å². The van der Waals surface area contributed by atoms with Crippen molar-refractivity contribution in [3.05, 3.63) is 0 Å². The van der Waals surface area contributed by atoms with Crippen molar-refractivity contribution in [3.63, 3.8) is 0 Å². The van der Waals surface area contributed by atoms with E-state index in [1.165, 1.54) is 0 Å². The standard InChI is InChI=1S/C15H31N3O/c1-5-18(6-2)11-7-8-12(3)17-14(19)15(4,16)13-9-10-13/h12-13H,5-11,16H2,1-4H3,(H,17,19). The third-order valence-electron chi connectivity index (χ3n) is 4.30. The second-order valence-electron chi connectivity index (χ2n) is 6.10. The van der Waals surface area contributed by atoms with Gasteiger partial charge in [-0.1, -0.05) is 13.8 Å². The van der Waals surface area contributed by atoms with Crippen molar-refractivity contribution in [1.29, 1.82) is 0 Å². The highest BCUT2D eigenvalue weighted by atomic mass is 16.2. The first-order chi connectivity index (χ1) is 8.91. The molecule has 1 fully saturated rings. The zero-order chi connectivity index (χ0) is 14.5. The maximum Gasteiger partial charge on any atom is 0.240 e. The first kappa shape index (κ1) is 16.4. The largest absolute Gasteiger partial charge is 0.352 e. The predicted molar refractivity (Wildman–Crippen MR) is 79.9 cm³/mol. The van der Waals surface area contributed by atoms with Crippen LogP contribution in [-0.4, -0.2) is 42.0 Å². The normalized spacial score (nSPS) is 20.1. The third kappa shape index (κ3) is 5.11. The van der Waals surface area contributed by atoms with Crippen molar-refractivity contribution in [2.45, 2.75) is 65.0 Å². The van der Waals surface area contributed by atoms with E-state index in [0.717, 1.165) is 45.3 Å². The molecule has 2 unspecified atom stereocenters. The van der Waals surface area contributed by atoms with Crippen molar-refractivity contribution in [2.75, 3.05) is 19.6 Å². The molecule has 0 saturated heterocycles. The Bertz CT molecular complexity index is 283. The number of nitrogens with one attached hydrogen (secondary N) is 1. The Labute approximate surface area is 118 Å². The molecule has 0 aromatic carbocycles. The fraction of sp³-hybridized carbons (Fsp3) is 0.933. The molecule has 1 aliphatic rings. The average molecular weight is 269 g/mol. The lowest BCUT2D eigenvalue weighted by Gasteiger charge is -2.26. The molecule has 3 N–H and O–H groups in total. The van der Waals surface area contributed by atoms with E-state index in [1.807, 2.05) is 6.92 Å². The SMILES string of the molecule is CCN(CC)CCCC(C)NC(=O)C(C)(N)C1CC1. The Morgan fingerprint density at radius 2 is 2.00 bits per heavy atom. The molecule has 112 valence electrons. The smallest absolute Gasteiger partial charge is 0.240 e. The predicted octanol–water partition coefficient (Wildman–Crippen LogP) is 1.74. The van der Waals surface area contributed by atoms with Gasteiger partial charge in [-0.2, -0.15) is 0 Å². The van der Waals surface area contributed by atoms with E-state index in [2.05, 4.69) is 31.0 Å². The number of nitrogens with zero attached hydrogens (tertiary/aromatic N) is 1. The van der Waals surface area contributed by atoms with Gasteiger partial charge in [-0.05, 0) is 65.1 Å². The highest BCUT2D eigenvalue weighted by molar-refractivity contribution is 5.86. The number of carbonyl (C=O) groups is 1. The molecule has 1 aliphatic carbocycles. The molecule has 0 radical (unpaired) electrons. The fourth-order valence-electron chi connectivity index (χ4n) is 2.48. The molecule has 0 bridgehead atoms. The summed E-state index contributed by atoms with van der Waals surface area (Å²) >= 11 is 0. The Morgan fingerprint density at radius 1 is 1.42 bits per heavy atom. The van der Waals surface area contributed by atoms with Gasteiger partial charge < -0.3 is 16.0 Å². The van der Waals surface area contributed by atoms with Crippen LogP contribution in [0.3, 0.4) is 0 Å². The van der Waals surface area contributed by atoms with Crippen LogP contribution in [0.1, 0.15) is 53.4 Å². The molecule has 1 amide bonds. The number of hydrogen-bond donors (Lipinski definition) is 2. The lowest BCUT2D eigenvalue weighted by atomic mass is 9.95. The van der Waals surface area contributed by atoms with E-state index in [1.54, 1.807) is 0 Å². The minimum absolute atomic E-state index is 0.0188. The topological polar surface area (TPSA) is 58.4 Å². The maximum absolute atomic E-state index is 12.1. The molecular weight excluding hydrogens is 238 g/mol. The number of hydrogen-bond acceptors (Lipinski definition) is 3. The quantitative estimate of drug-likeness (QED) is 0.670. The number of rotatable bonds is 9. The van der Waals surface area contributed by atoms with E-state index < -0.39 is 5.54 Å². The molecule has 4 nitrogen and oxygen atoms in total. The van der Waals surface area contributed by atoms with Crippen LogP contribution < -0.4 is 11.1 Å². The summed E-state index contributed by atoms with van der Waals surface area (Å²) in [6, 6.07) is 0.213. The van der Waals surface area contributed by atoms with Crippen LogP contribution in [-0.2, 0) is 4.79 Å². The summed E-state index contributed by atoms with van der Waals surface area (Å²) in [6.45, 7) is 11.6. The number of nitrogens with two attached hydrogens (primary N) is 1. The summed E-state index contributed by atoms with van der Waals surface area (Å²) in [6.07, 6.45) is 4.32. The Balaban J connectivity index is 2.23. The van der Waals surface area contributed by atoms with Crippen LogP contribution in [0, 0.1) is 5.92 Å². The molecule has 0 aromatic heterocycles. The van der Waals surface area contributed by atoms with Crippen LogP contribution in [0.15, 0.2) is 0 Å². The number of amides is 1. The van der Waals surface area contributed by atoms with E-state index in [0.29, 0.717) is 5.92 Å². The monoisotopic (exact) mass is 269 g/mol. The molecule has 0 aliphatic heterocycles. The van der Waals surface area contributed by atoms with Gasteiger partial charge in [-0.3, -0.25) is 4.79 Å². The van der Waals surface area contributed by atoms with Crippen molar-refractivity contribution in [3.8, 4) is 0 Å². The summed E-state index contributed by atoms with van der Waals surface area (Å²) in [7, 11) is 0. The van der Waals surface area contributed by atoms with Crippen molar-refractivity contribution in [1.82, 2.24) is 10.2 Å². The lowest BCUT2D eigenvalue weighted by molar-refractivity contribution is -0.127. The Hall–Kier alpha value is -0.610. The second kappa shape index (κ2) is 7.25. The van der Waals surface area contributed by atoms with Crippen molar-refractivity contribution >= 4 is 5.91 Å². The van der Waals surface area contributed by atoms with Gasteiger partial charge in [-0.15, -0.1) is 0 Å². The summed E-state index contributed by atoms with van der Waals surface area (Å²) in [5, 5.41) is 3.07. The third-order valence-corrected chi connectivity index (χ3v) is 4.30. The summed E-state index contributed by atoms with van der Waals surface area (Å²) < 4.78 is 0. The van der Waals surface area contributed by atoms with Crippen LogP contribution in [0.4, 0.5) is 0 Å². The second-order valence-corrected chi connectivity index (χ2v) is 6.10. The molecule has 0 spiro atoms. The summed E-state index contributed by atoms with van der Waals surface area (Å²) in [5.41, 5.74) is 5.44. The molecule has 0 heterocycles. The first-order valence-electron chi connectivity index (χ1n) is 7.74. The highest BCUT2D eigenvalue weighted by Gasteiger charge is 2.44. The summed E-state index contributed by atoms with van der Waals surface area (Å²) in [4.78, 5) is 14.5. The minimum atomic E-state index is -0.673. The van der Waals surface area contributed by atoms with E-state index in [-0.39, 0.29) is 11.9 Å². The van der Waals surface area contributed by atoms with E-state index in [9.17, 15) is 4.79 Å². The summed E-state index contributed by atoms with van der Waals surface area (Å²) in [5.74, 6) is 0.403. The van der Waals surface area contributed by atoms with Crippen LogP contribution in [0.2, 0.25) is 0 Å². The van der Waals surface area contributed by atoms with Crippen molar-refractivity contribution < 1.29 is 4.79 Å². The highest BCUT2D eigenvalue weighted by Crippen LogP contribution is 2.38. The van der Waals surface area contributed by atoms with Gasteiger partial charge >= 0.3 is 0 Å². The van der Waals surface area contributed by atoms with E-state index >= 15 is 0 Å². The molecular formula is C15H31N3O. The zero-order valence-electron chi connectivity index (χ0n) is 13.0. The molecule has 1 saturated carbocycles. The van der Waals surface area contributed by atoms with Gasteiger partial charge in [0.25, 0.3) is 0 Å². The lowest BCUT2D eigenvalue weighted by Crippen LogP contribution is -2.55. The van der Waals surface area contributed by atoms with Gasteiger partial charge in [0.05, 0.1) is 5.54 Å². The maximum atomic E-state index is 12.1. The average Bonchev–Trinajstić information content (AvgIpc) is 3.19. The van der Waals surface area contributed by atoms with Crippen LogP contribution in [0.5, 0.6) is 0 Å². The minimum Gasteiger partial charge on any atom is -0.352 e. The van der Waals surface area contributed by atoms with Gasteiger partial charge in [-0.25, -0.2) is 0 Å².